The first kappa shape index (κ1) is 78.3. The van der Waals surface area contributed by atoms with Crippen molar-refractivity contribution < 1.29 is 22.5 Å². The molecule has 4 aliphatic rings. The highest BCUT2D eigenvalue weighted by Gasteiger charge is 2.58. The molecule has 8 aromatic heterocycles. The van der Waals surface area contributed by atoms with Crippen LogP contribution in [0.15, 0.2) is 144 Å². The monoisotopic (exact) mass is 1580 g/mol. The van der Waals surface area contributed by atoms with E-state index in [4.69, 9.17) is 56.0 Å². The lowest BCUT2D eigenvalue weighted by Crippen LogP contribution is -2.14. The largest absolute Gasteiger partial charge is 0.361 e. The third kappa shape index (κ3) is 15.1. The second-order valence-corrected chi connectivity index (χ2v) is 31.3. The maximum absolute atomic E-state index is 14.7. The second kappa shape index (κ2) is 30.8. The van der Waals surface area contributed by atoms with Crippen molar-refractivity contribution in [3.05, 3.63) is 279 Å². The Hall–Kier alpha value is -11.8. The molecule has 568 valence electrons. The van der Waals surface area contributed by atoms with Crippen LogP contribution in [-0.4, -0.2) is 68.8 Å². The van der Waals surface area contributed by atoms with E-state index >= 15 is 0 Å². The van der Waals surface area contributed by atoms with Gasteiger partial charge in [-0.1, -0.05) is 80.8 Å². The summed E-state index contributed by atoms with van der Waals surface area (Å²) >= 11 is 10.1. The molecule has 4 saturated carbocycles. The van der Waals surface area contributed by atoms with Crippen LogP contribution in [0, 0.1) is 122 Å². The number of aryl methyl sites for hydroxylation is 13. The molecule has 0 saturated heterocycles. The van der Waals surface area contributed by atoms with Crippen molar-refractivity contribution in [2.75, 3.05) is 47.8 Å². The Labute approximate surface area is 667 Å². The molecule has 0 atom stereocenters. The first-order valence-corrected chi connectivity index (χ1v) is 38.2. The third-order valence-electron chi connectivity index (χ3n) is 22.2. The molecule has 20 nitrogen and oxygen atoms in total. The SMILES string of the molecule is [C-]#[N+]C1(c2ncc(N(C)c3cc(-c4c(C)noc4C)ccc3C)cc2Br)CC1.[C-]#[N+]C1(c2ncc(N(C)c3cc(-c4c(C)noc4C)ccc3C)cc2C)CC1.[C-]#[N+]C1(c2ncc(N(C)c3cc(-c4c(C)noc4C)ccc3C)cc2Cl)CC1.[C-]#[N+]C1(c2ncc(N(C)c3cc(-c4c(C)noc4C)ccc3C)cc2F)CC1. The Morgan fingerprint density at radius 1 is 0.357 bits per heavy atom. The summed E-state index contributed by atoms with van der Waals surface area (Å²) in [7, 11) is 7.97. The summed E-state index contributed by atoms with van der Waals surface area (Å²) in [5.74, 6) is 2.79. The van der Waals surface area contributed by atoms with Gasteiger partial charge in [-0.15, -0.1) is 0 Å². The van der Waals surface area contributed by atoms with Gasteiger partial charge in [0.2, 0.25) is 0 Å². The van der Waals surface area contributed by atoms with E-state index in [1.807, 2.05) is 119 Å². The smallest absolute Gasteiger partial charge is 0.277 e. The number of benzene rings is 4. The molecule has 16 rings (SSSR count). The zero-order valence-electron chi connectivity index (χ0n) is 66.1. The topological polar surface area (TPSA) is 186 Å². The maximum atomic E-state index is 14.7. The van der Waals surface area contributed by atoms with Crippen LogP contribution in [0.5, 0.6) is 0 Å². The summed E-state index contributed by atoms with van der Waals surface area (Å²) in [5.41, 5.74) is 25.8. The number of hydrogen-bond donors (Lipinski definition) is 0. The predicted octanol–water partition coefficient (Wildman–Crippen LogP) is 23.2. The predicted molar refractivity (Wildman–Crippen MR) is 441 cm³/mol. The second-order valence-electron chi connectivity index (χ2n) is 30.0. The molecule has 0 spiro atoms. The van der Waals surface area contributed by atoms with Crippen LogP contribution in [0.1, 0.15) is 148 Å². The molecule has 0 N–H and O–H groups in total. The molecule has 8 heterocycles. The van der Waals surface area contributed by atoms with Crippen molar-refractivity contribution >= 4 is 73.0 Å². The van der Waals surface area contributed by atoms with Gasteiger partial charge in [-0.2, -0.15) is 0 Å². The molecule has 0 aliphatic heterocycles. The van der Waals surface area contributed by atoms with Crippen molar-refractivity contribution in [3.8, 4) is 44.5 Å². The third-order valence-corrected chi connectivity index (χ3v) is 23.1. The average molecular weight is 1580 g/mol. The van der Waals surface area contributed by atoms with E-state index in [0.29, 0.717) is 29.2 Å². The van der Waals surface area contributed by atoms with Crippen LogP contribution < -0.4 is 19.6 Å². The summed E-state index contributed by atoms with van der Waals surface area (Å²) < 4.78 is 36.9. The molecule has 4 aliphatic carbocycles. The highest BCUT2D eigenvalue weighted by atomic mass is 79.9. The first-order chi connectivity index (χ1) is 53.4. The van der Waals surface area contributed by atoms with Crippen LogP contribution >= 0.6 is 27.5 Å². The van der Waals surface area contributed by atoms with Crippen molar-refractivity contribution in [1.82, 2.24) is 40.6 Å². The Morgan fingerprint density at radius 2 is 0.625 bits per heavy atom. The molecule has 112 heavy (non-hydrogen) atoms. The van der Waals surface area contributed by atoms with Crippen LogP contribution in [0.2, 0.25) is 5.02 Å². The van der Waals surface area contributed by atoms with Crippen molar-refractivity contribution in [3.63, 3.8) is 0 Å². The van der Waals surface area contributed by atoms with Gasteiger partial charge in [-0.05, 0) is 198 Å². The van der Waals surface area contributed by atoms with Crippen molar-refractivity contribution in [2.24, 2.45) is 0 Å². The van der Waals surface area contributed by atoms with E-state index in [1.54, 1.807) is 12.4 Å². The molecule has 4 aromatic carbocycles. The van der Waals surface area contributed by atoms with Crippen molar-refractivity contribution in [2.45, 2.75) is 164 Å². The molecule has 0 radical (unpaired) electrons. The lowest BCUT2D eigenvalue weighted by Gasteiger charge is -2.23. The molecule has 0 unspecified atom stereocenters. The van der Waals surface area contributed by atoms with Gasteiger partial charge < -0.3 is 57.1 Å². The minimum atomic E-state index is -0.750. The Balaban J connectivity index is 0.000000131. The van der Waals surface area contributed by atoms with Crippen LogP contribution in [-0.2, 0) is 22.2 Å². The lowest BCUT2D eigenvalue weighted by molar-refractivity contribution is 0.393. The van der Waals surface area contributed by atoms with E-state index < -0.39 is 22.4 Å². The molecule has 23 heteroatoms. The van der Waals surface area contributed by atoms with Gasteiger partial charge in [0.25, 0.3) is 22.2 Å². The van der Waals surface area contributed by atoms with E-state index in [1.165, 1.54) is 11.6 Å². The van der Waals surface area contributed by atoms with E-state index in [9.17, 15) is 4.39 Å². The van der Waals surface area contributed by atoms with Crippen molar-refractivity contribution in [1.29, 1.82) is 0 Å². The molecular formula is C89H87BrClFN16O4. The lowest BCUT2D eigenvalue weighted by atomic mass is 10.0. The quantitative estimate of drug-likeness (QED) is 0.0831. The minimum Gasteiger partial charge on any atom is -0.361 e. The number of nitrogens with zero attached hydrogens (tertiary/aromatic N) is 16. The fourth-order valence-electron chi connectivity index (χ4n) is 14.8. The van der Waals surface area contributed by atoms with Crippen LogP contribution in [0.25, 0.3) is 63.9 Å². The van der Waals surface area contributed by atoms with Gasteiger partial charge in [0, 0.05) is 135 Å². The van der Waals surface area contributed by atoms with Crippen LogP contribution in [0.3, 0.4) is 0 Å². The fourth-order valence-corrected chi connectivity index (χ4v) is 15.9. The minimum absolute atomic E-state index is 0.265. The molecular weight excluding hydrogens is 1490 g/mol. The summed E-state index contributed by atoms with van der Waals surface area (Å²) in [6.07, 6.45) is 13.8. The summed E-state index contributed by atoms with van der Waals surface area (Å²) in [5, 5.41) is 16.8. The zero-order chi connectivity index (χ0) is 80.2. The Kier molecular flexibility index (Phi) is 21.5. The fraction of sp³-hybridized carbons (Fsp3) is 0.326. The number of anilines is 8. The maximum Gasteiger partial charge on any atom is 0.277 e. The van der Waals surface area contributed by atoms with Gasteiger partial charge >= 0.3 is 0 Å². The summed E-state index contributed by atoms with van der Waals surface area (Å²) in [4.78, 5) is 41.4. The zero-order valence-corrected chi connectivity index (χ0v) is 68.5. The highest BCUT2D eigenvalue weighted by Crippen LogP contribution is 2.55. The summed E-state index contributed by atoms with van der Waals surface area (Å²) in [6, 6.07) is 32.8. The van der Waals surface area contributed by atoms with E-state index in [2.05, 4.69) is 198 Å². The molecule has 4 fully saturated rings. The van der Waals surface area contributed by atoms with Gasteiger partial charge in [0.15, 0.2) is 11.5 Å². The van der Waals surface area contributed by atoms with Gasteiger partial charge in [-0.25, -0.2) is 45.6 Å². The standard InChI is InChI=1S/C23H24N4O.C22H21BrN4O.C22H21ClN4O.C22H21FN4O/c1-14-7-8-18(21-16(3)26-28-17(21)4)12-20(14)27(6)19-11-15(2)22(25-13-19)23(24-5)9-10-23;3*1-13-6-7-16(20-14(2)26-28-15(20)3)10-19(13)27(5)17-11-18(23)21(25-12-17)22(24-4)8-9-22/h7-8,11-13H,9-10H2,1-4,6H3;3*6-7,10-12H,8-9H2,1-3,5H3. The van der Waals surface area contributed by atoms with Gasteiger partial charge in [0.1, 0.15) is 40.1 Å². The number of halogens is 3. The number of hydrogen-bond acceptors (Lipinski definition) is 16. The number of rotatable bonds is 16. The van der Waals surface area contributed by atoms with Gasteiger partial charge in [-0.3, -0.25) is 4.98 Å². The first-order valence-electron chi connectivity index (χ1n) is 37.0. The average Bonchev–Trinajstić information content (AvgIpc) is 1.62. The van der Waals surface area contributed by atoms with E-state index in [0.717, 1.165) is 207 Å². The van der Waals surface area contributed by atoms with Crippen LogP contribution in [0.4, 0.5) is 49.9 Å². The molecule has 0 bridgehead atoms. The Morgan fingerprint density at radius 3 is 0.902 bits per heavy atom. The number of aromatic nitrogens is 8. The van der Waals surface area contributed by atoms with Gasteiger partial charge in [0.05, 0.1) is 75.3 Å². The molecule has 0 amide bonds. The normalized spacial score (nSPS) is 14.6. The highest BCUT2D eigenvalue weighted by molar-refractivity contribution is 9.10. The Bertz CT molecular complexity index is 5060. The molecule has 12 aromatic rings. The summed E-state index contributed by atoms with van der Waals surface area (Å²) in [6.45, 7) is 55.5. The van der Waals surface area contributed by atoms with E-state index in [-0.39, 0.29) is 11.2 Å². The number of pyridine rings is 4.